The topological polar surface area (TPSA) is 77.3 Å². The molecule has 0 bridgehead atoms. The van der Waals surface area contributed by atoms with Gasteiger partial charge in [-0.2, -0.15) is 0 Å². The maximum Gasteiger partial charge on any atom is 0.251 e. The van der Waals surface area contributed by atoms with E-state index in [0.29, 0.717) is 30.3 Å². The van der Waals surface area contributed by atoms with Gasteiger partial charge in [-0.1, -0.05) is 18.2 Å². The second kappa shape index (κ2) is 7.61. The molecule has 0 aliphatic heterocycles. The fraction of sp³-hybridized carbons (Fsp3) is 0.211. The molecule has 0 saturated heterocycles. The van der Waals surface area contributed by atoms with Crippen molar-refractivity contribution in [3.05, 3.63) is 65.5 Å². The highest BCUT2D eigenvalue weighted by atomic mass is 16.5. The molecule has 128 valence electrons. The minimum atomic E-state index is -0.104. The normalized spacial score (nSPS) is 10.5. The number of hydrogen-bond donors (Lipinski definition) is 1. The molecule has 25 heavy (non-hydrogen) atoms. The standard InChI is InChI=1S/C19H19N3O3/c1-13-5-3-4-6-16(13)18(23)20-12-11-17-21-22-19(25-17)14-7-9-15(24-2)10-8-14/h3-10H,11-12H2,1-2H3,(H,20,23). The van der Waals surface area contributed by atoms with E-state index in [2.05, 4.69) is 15.5 Å². The number of rotatable bonds is 6. The summed E-state index contributed by atoms with van der Waals surface area (Å²) in [6, 6.07) is 14.9. The molecule has 0 unspecified atom stereocenters. The zero-order valence-corrected chi connectivity index (χ0v) is 14.2. The Kier molecular flexibility index (Phi) is 5.09. The first-order chi connectivity index (χ1) is 12.2. The molecule has 1 N–H and O–H groups in total. The largest absolute Gasteiger partial charge is 0.497 e. The number of nitrogens with one attached hydrogen (secondary N) is 1. The Morgan fingerprint density at radius 1 is 1.12 bits per heavy atom. The Morgan fingerprint density at radius 3 is 2.60 bits per heavy atom. The van der Waals surface area contributed by atoms with Crippen molar-refractivity contribution in [2.75, 3.05) is 13.7 Å². The van der Waals surface area contributed by atoms with Crippen LogP contribution in [0.1, 0.15) is 21.8 Å². The number of amides is 1. The zero-order valence-electron chi connectivity index (χ0n) is 14.2. The number of benzene rings is 2. The monoisotopic (exact) mass is 337 g/mol. The number of methoxy groups -OCH3 is 1. The van der Waals surface area contributed by atoms with Gasteiger partial charge >= 0.3 is 0 Å². The van der Waals surface area contributed by atoms with E-state index in [1.807, 2.05) is 49.4 Å². The molecule has 1 aromatic heterocycles. The highest BCUT2D eigenvalue weighted by Crippen LogP contribution is 2.21. The van der Waals surface area contributed by atoms with Crippen molar-refractivity contribution in [3.63, 3.8) is 0 Å². The fourth-order valence-electron chi connectivity index (χ4n) is 2.41. The third-order valence-electron chi connectivity index (χ3n) is 3.82. The van der Waals surface area contributed by atoms with E-state index in [1.54, 1.807) is 13.2 Å². The van der Waals surface area contributed by atoms with E-state index in [0.717, 1.165) is 16.9 Å². The molecule has 0 fully saturated rings. The van der Waals surface area contributed by atoms with E-state index in [4.69, 9.17) is 9.15 Å². The number of ether oxygens (including phenoxy) is 1. The lowest BCUT2D eigenvalue weighted by Crippen LogP contribution is -2.26. The second-order valence-corrected chi connectivity index (χ2v) is 5.55. The van der Waals surface area contributed by atoms with Crippen LogP contribution in [-0.2, 0) is 6.42 Å². The van der Waals surface area contributed by atoms with Gasteiger partial charge in [0, 0.05) is 24.1 Å². The van der Waals surface area contributed by atoms with Crippen molar-refractivity contribution in [1.82, 2.24) is 15.5 Å². The number of nitrogens with zero attached hydrogens (tertiary/aromatic N) is 2. The smallest absolute Gasteiger partial charge is 0.251 e. The van der Waals surface area contributed by atoms with Gasteiger partial charge in [0.15, 0.2) is 0 Å². The van der Waals surface area contributed by atoms with Crippen LogP contribution in [0, 0.1) is 6.92 Å². The van der Waals surface area contributed by atoms with Gasteiger partial charge in [-0.3, -0.25) is 4.79 Å². The van der Waals surface area contributed by atoms with E-state index in [9.17, 15) is 4.79 Å². The molecular formula is C19H19N3O3. The number of aromatic nitrogens is 2. The van der Waals surface area contributed by atoms with Crippen LogP contribution in [0.3, 0.4) is 0 Å². The number of hydrogen-bond acceptors (Lipinski definition) is 5. The zero-order chi connectivity index (χ0) is 17.6. The maximum absolute atomic E-state index is 12.2. The van der Waals surface area contributed by atoms with E-state index in [1.165, 1.54) is 0 Å². The summed E-state index contributed by atoms with van der Waals surface area (Å²) in [7, 11) is 1.62. The van der Waals surface area contributed by atoms with Crippen LogP contribution in [0.4, 0.5) is 0 Å². The van der Waals surface area contributed by atoms with Crippen LogP contribution in [0.15, 0.2) is 52.9 Å². The molecule has 6 nitrogen and oxygen atoms in total. The summed E-state index contributed by atoms with van der Waals surface area (Å²) in [5.74, 6) is 1.59. The highest BCUT2D eigenvalue weighted by molar-refractivity contribution is 5.95. The Bertz CT molecular complexity index is 856. The molecule has 0 spiro atoms. The van der Waals surface area contributed by atoms with Crippen molar-refractivity contribution >= 4 is 5.91 Å². The van der Waals surface area contributed by atoms with Crippen molar-refractivity contribution < 1.29 is 13.9 Å². The molecule has 3 aromatic rings. The van der Waals surface area contributed by atoms with Crippen molar-refractivity contribution in [2.24, 2.45) is 0 Å². The van der Waals surface area contributed by atoms with Gasteiger partial charge in [0.1, 0.15) is 5.75 Å². The summed E-state index contributed by atoms with van der Waals surface area (Å²) in [5, 5.41) is 10.9. The van der Waals surface area contributed by atoms with Gasteiger partial charge in [0.05, 0.1) is 7.11 Å². The first-order valence-corrected chi connectivity index (χ1v) is 7.98. The predicted octanol–water partition coefficient (Wildman–Crippen LogP) is 3.03. The van der Waals surface area contributed by atoms with E-state index in [-0.39, 0.29) is 5.91 Å². The van der Waals surface area contributed by atoms with E-state index < -0.39 is 0 Å². The van der Waals surface area contributed by atoms with Crippen LogP contribution in [0.25, 0.3) is 11.5 Å². The van der Waals surface area contributed by atoms with Crippen LogP contribution in [0.5, 0.6) is 5.75 Å². The Hall–Kier alpha value is -3.15. The van der Waals surface area contributed by atoms with Crippen LogP contribution < -0.4 is 10.1 Å². The van der Waals surface area contributed by atoms with Gasteiger partial charge in [-0.25, -0.2) is 0 Å². The summed E-state index contributed by atoms with van der Waals surface area (Å²) in [6.45, 7) is 2.34. The molecule has 1 amide bonds. The van der Waals surface area contributed by atoms with Crippen molar-refractivity contribution in [2.45, 2.75) is 13.3 Å². The Labute approximate surface area is 145 Å². The molecule has 1 heterocycles. The molecule has 3 rings (SSSR count). The lowest BCUT2D eigenvalue weighted by atomic mass is 10.1. The van der Waals surface area contributed by atoms with Gasteiger partial charge in [0.2, 0.25) is 11.8 Å². The first-order valence-electron chi connectivity index (χ1n) is 7.98. The fourth-order valence-corrected chi connectivity index (χ4v) is 2.41. The van der Waals surface area contributed by atoms with Gasteiger partial charge in [-0.15, -0.1) is 10.2 Å². The summed E-state index contributed by atoms with van der Waals surface area (Å²) in [5.41, 5.74) is 2.44. The molecule has 2 aromatic carbocycles. The summed E-state index contributed by atoms with van der Waals surface area (Å²) in [4.78, 5) is 12.2. The quantitative estimate of drug-likeness (QED) is 0.748. The molecule has 0 aliphatic rings. The highest BCUT2D eigenvalue weighted by Gasteiger charge is 2.11. The van der Waals surface area contributed by atoms with Gasteiger partial charge in [-0.05, 0) is 42.8 Å². The van der Waals surface area contributed by atoms with Crippen LogP contribution >= 0.6 is 0 Å². The van der Waals surface area contributed by atoms with E-state index >= 15 is 0 Å². The third-order valence-corrected chi connectivity index (χ3v) is 3.82. The SMILES string of the molecule is COc1ccc(-c2nnc(CCNC(=O)c3ccccc3C)o2)cc1. The predicted molar refractivity (Wildman–Crippen MR) is 93.5 cm³/mol. The van der Waals surface area contributed by atoms with Gasteiger partial charge < -0.3 is 14.5 Å². The molecule has 6 heteroatoms. The lowest BCUT2D eigenvalue weighted by Gasteiger charge is -2.06. The van der Waals surface area contributed by atoms with Crippen LogP contribution in [-0.4, -0.2) is 29.8 Å². The minimum Gasteiger partial charge on any atom is -0.497 e. The average Bonchev–Trinajstić information content (AvgIpc) is 3.11. The van der Waals surface area contributed by atoms with Crippen molar-refractivity contribution in [1.29, 1.82) is 0 Å². The molecule has 0 radical (unpaired) electrons. The number of carbonyl (C=O) groups excluding carboxylic acids is 1. The first kappa shape index (κ1) is 16.7. The number of carbonyl (C=O) groups is 1. The summed E-state index contributed by atoms with van der Waals surface area (Å²) in [6.07, 6.45) is 0.473. The minimum absolute atomic E-state index is 0.104. The van der Waals surface area contributed by atoms with Crippen molar-refractivity contribution in [3.8, 4) is 17.2 Å². The lowest BCUT2D eigenvalue weighted by molar-refractivity contribution is 0.0953. The molecule has 0 aliphatic carbocycles. The second-order valence-electron chi connectivity index (χ2n) is 5.55. The third kappa shape index (κ3) is 4.03. The number of aryl methyl sites for hydroxylation is 1. The summed E-state index contributed by atoms with van der Waals surface area (Å²) < 4.78 is 10.8. The Morgan fingerprint density at radius 2 is 1.88 bits per heavy atom. The average molecular weight is 337 g/mol. The molecular weight excluding hydrogens is 318 g/mol. The Balaban J connectivity index is 1.56. The molecule has 0 atom stereocenters. The van der Waals surface area contributed by atoms with Gasteiger partial charge in [0.25, 0.3) is 5.91 Å². The van der Waals surface area contributed by atoms with Crippen LogP contribution in [0.2, 0.25) is 0 Å². The molecule has 0 saturated carbocycles. The maximum atomic E-state index is 12.2. The summed E-state index contributed by atoms with van der Waals surface area (Å²) >= 11 is 0.